The minimum atomic E-state index is -0.810. The number of hydrogen-bond donors (Lipinski definition) is 1. The molecule has 2 aromatic carbocycles. The van der Waals surface area contributed by atoms with Crippen LogP contribution in [0, 0.1) is 26.0 Å². The Morgan fingerprint density at radius 1 is 1.14 bits per heavy atom. The van der Waals surface area contributed by atoms with Crippen LogP contribution in [-0.4, -0.2) is 25.1 Å². The minimum Gasteiger partial charge on any atom is -0.283 e. The number of carbonyl (C=O) groups is 1. The highest BCUT2D eigenvalue weighted by Crippen LogP contribution is 2.35. The van der Waals surface area contributed by atoms with Crippen molar-refractivity contribution in [1.82, 2.24) is 5.01 Å². The van der Waals surface area contributed by atoms with Crippen molar-refractivity contribution < 1.29 is 19.0 Å². The highest BCUT2D eigenvalue weighted by molar-refractivity contribution is 8.26. The fourth-order valence-corrected chi connectivity index (χ4v) is 3.49. The Kier molecular flexibility index (Phi) is 5.33. The first-order chi connectivity index (χ1) is 13.3. The van der Waals surface area contributed by atoms with Crippen molar-refractivity contribution in [1.29, 1.82) is 0 Å². The topological polar surface area (TPSA) is 119 Å². The molecule has 1 amide bonds. The van der Waals surface area contributed by atoms with Gasteiger partial charge in [0.2, 0.25) is 0 Å². The summed E-state index contributed by atoms with van der Waals surface area (Å²) in [6, 6.07) is 8.55. The first-order valence-corrected chi connectivity index (χ1v) is 8.72. The molecular weight excluding hydrogens is 411 g/mol. The number of non-ortho nitro benzene ring substituents is 1. The summed E-state index contributed by atoms with van der Waals surface area (Å²) in [5.74, 6) is -1.06. The Morgan fingerprint density at radius 2 is 1.89 bits per heavy atom. The summed E-state index contributed by atoms with van der Waals surface area (Å²) in [6.45, 7) is 0. The number of hydrogen-bond acceptors (Lipinski definition) is 8. The van der Waals surface area contributed by atoms with Gasteiger partial charge in [0.15, 0.2) is 4.32 Å². The zero-order valence-corrected chi connectivity index (χ0v) is 15.3. The first kappa shape index (κ1) is 19.4. The number of halogens is 1. The quantitative estimate of drug-likeness (QED) is 0.335. The number of carbonyl (C=O) groups excluding carboxylic acids is 1. The smallest absolute Gasteiger partial charge is 0.283 e. The van der Waals surface area contributed by atoms with Gasteiger partial charge < -0.3 is 0 Å². The number of nitrogens with zero attached hydrogens (tertiary/aromatic N) is 3. The first-order valence-electron chi connectivity index (χ1n) is 7.49. The van der Waals surface area contributed by atoms with Crippen molar-refractivity contribution in [3.63, 3.8) is 0 Å². The van der Waals surface area contributed by atoms with E-state index in [1.54, 1.807) is 6.07 Å². The Hall–Kier alpha value is -3.38. The largest absolute Gasteiger partial charge is 0.300 e. The number of rotatable bonds is 5. The Balaban J connectivity index is 1.89. The van der Waals surface area contributed by atoms with Crippen molar-refractivity contribution in [2.45, 2.75) is 0 Å². The minimum absolute atomic E-state index is 0.0697. The molecule has 1 N–H and O–H groups in total. The van der Waals surface area contributed by atoms with Crippen LogP contribution in [0.1, 0.15) is 5.56 Å². The molecule has 0 unspecified atom stereocenters. The average molecular weight is 420 g/mol. The van der Waals surface area contributed by atoms with Gasteiger partial charge in [-0.15, -0.1) is 0 Å². The number of amides is 1. The number of hydrazine groups is 1. The Morgan fingerprint density at radius 3 is 2.54 bits per heavy atom. The monoisotopic (exact) mass is 420 g/mol. The van der Waals surface area contributed by atoms with Gasteiger partial charge in [0.05, 0.1) is 20.8 Å². The summed E-state index contributed by atoms with van der Waals surface area (Å²) in [5.41, 5.74) is 1.78. The molecule has 2 aromatic rings. The van der Waals surface area contributed by atoms with Gasteiger partial charge in [-0.25, -0.2) is 9.40 Å². The Bertz CT molecular complexity index is 1060. The van der Waals surface area contributed by atoms with Crippen LogP contribution in [-0.2, 0) is 4.79 Å². The highest BCUT2D eigenvalue weighted by Gasteiger charge is 2.34. The van der Waals surface area contributed by atoms with Gasteiger partial charge in [0, 0.05) is 6.07 Å². The number of nitrogens with one attached hydrogen (secondary N) is 1. The SMILES string of the molecule is O=C1C(=Cc2cccc(F)c2)SC(=S)N1Nc1ccc([N+](=O)[O-])cc1[N+](=O)[O-]. The van der Waals surface area contributed by atoms with Crippen molar-refractivity contribution in [2.24, 2.45) is 0 Å². The fraction of sp³-hybridized carbons (Fsp3) is 0. The molecule has 1 aliphatic rings. The summed E-state index contributed by atoms with van der Waals surface area (Å²) in [7, 11) is 0. The average Bonchev–Trinajstić information content (AvgIpc) is 2.89. The molecule has 1 saturated heterocycles. The lowest BCUT2D eigenvalue weighted by Gasteiger charge is -2.16. The van der Waals surface area contributed by atoms with E-state index in [0.29, 0.717) is 5.56 Å². The number of thioether (sulfide) groups is 1. The van der Waals surface area contributed by atoms with E-state index in [1.807, 2.05) is 0 Å². The number of benzene rings is 2. The predicted molar refractivity (Wildman–Crippen MR) is 105 cm³/mol. The summed E-state index contributed by atoms with van der Waals surface area (Å²) >= 11 is 6.05. The molecule has 0 aliphatic carbocycles. The van der Waals surface area contributed by atoms with E-state index >= 15 is 0 Å². The third kappa shape index (κ3) is 3.97. The van der Waals surface area contributed by atoms with Gasteiger partial charge >= 0.3 is 5.69 Å². The van der Waals surface area contributed by atoms with E-state index in [4.69, 9.17) is 12.2 Å². The second kappa shape index (κ2) is 7.70. The molecule has 142 valence electrons. The summed E-state index contributed by atoms with van der Waals surface area (Å²) in [4.78, 5) is 33.2. The van der Waals surface area contributed by atoms with Gasteiger partial charge in [-0.2, -0.15) is 0 Å². The third-order valence-electron chi connectivity index (χ3n) is 3.56. The Labute approximate surface area is 166 Å². The van der Waals surface area contributed by atoms with Crippen LogP contribution in [0.15, 0.2) is 47.4 Å². The highest BCUT2D eigenvalue weighted by atomic mass is 32.2. The maximum absolute atomic E-state index is 13.3. The van der Waals surface area contributed by atoms with Crippen LogP contribution >= 0.6 is 24.0 Å². The van der Waals surface area contributed by atoms with Crippen LogP contribution in [0.4, 0.5) is 21.5 Å². The number of thiocarbonyl (C=S) groups is 1. The zero-order valence-electron chi connectivity index (χ0n) is 13.7. The lowest BCUT2D eigenvalue weighted by atomic mass is 10.2. The van der Waals surface area contributed by atoms with E-state index in [2.05, 4.69) is 5.43 Å². The molecule has 1 heterocycles. The van der Waals surface area contributed by atoms with E-state index in [0.717, 1.165) is 35.0 Å². The molecule has 3 rings (SSSR count). The summed E-state index contributed by atoms with van der Waals surface area (Å²) in [6.07, 6.45) is 1.44. The van der Waals surface area contributed by atoms with Crippen LogP contribution in [0.3, 0.4) is 0 Å². The predicted octanol–water partition coefficient (Wildman–Crippen LogP) is 3.87. The van der Waals surface area contributed by atoms with Gasteiger partial charge in [-0.3, -0.25) is 30.4 Å². The van der Waals surface area contributed by atoms with Gasteiger partial charge in [-0.05, 0) is 42.1 Å². The van der Waals surface area contributed by atoms with E-state index in [1.165, 1.54) is 24.3 Å². The molecule has 0 aromatic heterocycles. The normalized spacial score (nSPS) is 15.2. The molecule has 0 saturated carbocycles. The number of nitro benzene ring substituents is 2. The fourth-order valence-electron chi connectivity index (χ4n) is 2.31. The van der Waals surface area contributed by atoms with Crippen LogP contribution in [0.25, 0.3) is 6.08 Å². The van der Waals surface area contributed by atoms with Crippen molar-refractivity contribution in [3.8, 4) is 0 Å². The second-order valence-electron chi connectivity index (χ2n) is 5.40. The van der Waals surface area contributed by atoms with E-state index in [-0.39, 0.29) is 14.9 Å². The molecule has 12 heteroatoms. The van der Waals surface area contributed by atoms with Crippen LogP contribution in [0.5, 0.6) is 0 Å². The molecule has 28 heavy (non-hydrogen) atoms. The molecule has 1 fully saturated rings. The van der Waals surface area contributed by atoms with Crippen LogP contribution < -0.4 is 5.43 Å². The lowest BCUT2D eigenvalue weighted by Crippen LogP contribution is -2.34. The maximum atomic E-state index is 13.3. The van der Waals surface area contributed by atoms with Gasteiger partial charge in [0.1, 0.15) is 11.5 Å². The zero-order chi connectivity index (χ0) is 20.4. The summed E-state index contributed by atoms with van der Waals surface area (Å²) in [5, 5.41) is 23.0. The van der Waals surface area contributed by atoms with Crippen LogP contribution in [0.2, 0.25) is 0 Å². The molecule has 0 radical (unpaired) electrons. The molecular formula is C16H9FN4O5S2. The van der Waals surface area contributed by atoms with Crippen molar-refractivity contribution in [2.75, 3.05) is 5.43 Å². The number of anilines is 1. The van der Waals surface area contributed by atoms with Crippen molar-refractivity contribution >= 4 is 57.3 Å². The van der Waals surface area contributed by atoms with Crippen molar-refractivity contribution in [3.05, 3.63) is 79.0 Å². The molecule has 9 nitrogen and oxygen atoms in total. The second-order valence-corrected chi connectivity index (χ2v) is 7.08. The number of nitro groups is 2. The van der Waals surface area contributed by atoms with Gasteiger partial charge in [-0.1, -0.05) is 23.9 Å². The maximum Gasteiger partial charge on any atom is 0.300 e. The standard InChI is InChI=1S/C16H9FN4O5S2/c17-10-3-1-2-9(6-10)7-14-15(22)19(16(27)28-14)18-12-5-4-11(20(23)24)8-13(12)21(25)26/h1-8,18H. The lowest BCUT2D eigenvalue weighted by molar-refractivity contribution is -0.393. The molecule has 0 atom stereocenters. The van der Waals surface area contributed by atoms with E-state index < -0.39 is 32.9 Å². The molecule has 0 bridgehead atoms. The third-order valence-corrected chi connectivity index (χ3v) is 4.86. The van der Waals surface area contributed by atoms with Gasteiger partial charge in [0.25, 0.3) is 11.6 Å². The summed E-state index contributed by atoms with van der Waals surface area (Å²) < 4.78 is 13.4. The molecule has 0 spiro atoms. The van der Waals surface area contributed by atoms with E-state index in [9.17, 15) is 29.4 Å². The molecule has 1 aliphatic heterocycles.